The Bertz CT molecular complexity index is 1470. The number of nitrogens with zero attached hydrogens (tertiary/aromatic N) is 7. The molecule has 4 heterocycles. The number of rotatable bonds is 4. The van der Waals surface area contributed by atoms with Crippen molar-refractivity contribution in [2.24, 2.45) is 0 Å². The number of piperazine rings is 1. The number of aromatic nitrogens is 4. The van der Waals surface area contributed by atoms with Gasteiger partial charge in [-0.3, -0.25) is 9.36 Å². The summed E-state index contributed by atoms with van der Waals surface area (Å²) < 4.78 is 1.38. The second kappa shape index (κ2) is 10.1. The maximum atomic E-state index is 14.1. The van der Waals surface area contributed by atoms with Crippen molar-refractivity contribution in [3.05, 3.63) is 49.9 Å². The lowest BCUT2D eigenvalue weighted by Crippen LogP contribution is -2.54. The normalized spacial score (nSPS) is 16.1. The third-order valence-electron chi connectivity index (χ3n) is 6.53. The molecule has 3 aromatic heterocycles. The summed E-state index contributed by atoms with van der Waals surface area (Å²) in [6, 6.07) is 3.32. The van der Waals surface area contributed by atoms with Crippen molar-refractivity contribution >= 4 is 46.0 Å². The molecule has 1 fully saturated rings. The first-order valence-electron chi connectivity index (χ1n) is 11.9. The van der Waals surface area contributed by atoms with Gasteiger partial charge < -0.3 is 14.9 Å². The fourth-order valence-electron chi connectivity index (χ4n) is 4.81. The number of pyridine rings is 2. The van der Waals surface area contributed by atoms with Crippen LogP contribution in [0.15, 0.2) is 17.2 Å². The van der Waals surface area contributed by atoms with Gasteiger partial charge in [-0.25, -0.2) is 19.7 Å². The van der Waals surface area contributed by atoms with Crippen LogP contribution < -0.4 is 10.5 Å². The average Bonchev–Trinajstić information content (AvgIpc) is 2.83. The Labute approximate surface area is 224 Å². The maximum absolute atomic E-state index is 14.1. The van der Waals surface area contributed by atoms with Crippen LogP contribution in [0.25, 0.3) is 16.7 Å². The standard InChI is InChI=1S/C25H27Cl2N7O3/c1-12(2)18-21(19(13(3)4)30-11-29-18)34-23-15(8-17(26)22(27)31-23)20(16(9-28)24(34)35)32-6-7-33(25(36)37)14(5)10-32/h8,11-14H,6-7,10H2,1-5H3,(H,36,37)/t14-/m1/s1. The highest BCUT2D eigenvalue weighted by molar-refractivity contribution is 6.41. The molecule has 0 spiro atoms. The van der Waals surface area contributed by atoms with Crippen LogP contribution in [0.3, 0.4) is 0 Å². The van der Waals surface area contributed by atoms with E-state index in [-0.39, 0.29) is 58.9 Å². The van der Waals surface area contributed by atoms with Gasteiger partial charge >= 0.3 is 6.09 Å². The summed E-state index contributed by atoms with van der Waals surface area (Å²) in [7, 11) is 0. The third kappa shape index (κ3) is 4.58. The molecule has 37 heavy (non-hydrogen) atoms. The number of amides is 1. The number of anilines is 1. The van der Waals surface area contributed by atoms with E-state index in [1.807, 2.05) is 32.6 Å². The smallest absolute Gasteiger partial charge is 0.407 e. The van der Waals surface area contributed by atoms with Crippen LogP contribution in [-0.2, 0) is 0 Å². The molecule has 0 bridgehead atoms. The number of nitriles is 1. The molecular weight excluding hydrogens is 517 g/mol. The number of hydrogen-bond donors (Lipinski definition) is 1. The summed E-state index contributed by atoms with van der Waals surface area (Å²) in [4.78, 5) is 42.4. The van der Waals surface area contributed by atoms with Crippen LogP contribution in [0.1, 0.15) is 63.4 Å². The van der Waals surface area contributed by atoms with Crippen molar-refractivity contribution in [3.8, 4) is 11.8 Å². The van der Waals surface area contributed by atoms with Gasteiger partial charge in [-0.05, 0) is 24.8 Å². The number of carbonyl (C=O) groups is 1. The topological polar surface area (TPSA) is 128 Å². The lowest BCUT2D eigenvalue weighted by Gasteiger charge is -2.40. The predicted molar refractivity (Wildman–Crippen MR) is 142 cm³/mol. The minimum Gasteiger partial charge on any atom is -0.465 e. The van der Waals surface area contributed by atoms with Crippen molar-refractivity contribution in [2.45, 2.75) is 52.5 Å². The van der Waals surface area contributed by atoms with Crippen molar-refractivity contribution in [3.63, 3.8) is 0 Å². The lowest BCUT2D eigenvalue weighted by atomic mass is 10.0. The van der Waals surface area contributed by atoms with Crippen LogP contribution in [0, 0.1) is 11.3 Å². The van der Waals surface area contributed by atoms with Gasteiger partial charge in [0, 0.05) is 31.1 Å². The van der Waals surface area contributed by atoms with Crippen LogP contribution in [0.5, 0.6) is 0 Å². The molecule has 1 saturated heterocycles. The zero-order valence-electron chi connectivity index (χ0n) is 21.2. The highest BCUT2D eigenvalue weighted by atomic mass is 35.5. The molecule has 0 aromatic carbocycles. The highest BCUT2D eigenvalue weighted by Crippen LogP contribution is 2.37. The average molecular weight is 544 g/mol. The van der Waals surface area contributed by atoms with Gasteiger partial charge in [-0.2, -0.15) is 5.26 Å². The molecule has 0 aliphatic carbocycles. The van der Waals surface area contributed by atoms with Gasteiger partial charge in [-0.15, -0.1) is 0 Å². The van der Waals surface area contributed by atoms with E-state index >= 15 is 0 Å². The first kappa shape index (κ1) is 26.6. The molecule has 1 aliphatic heterocycles. The van der Waals surface area contributed by atoms with E-state index in [4.69, 9.17) is 23.2 Å². The summed E-state index contributed by atoms with van der Waals surface area (Å²) in [5, 5.41) is 20.4. The first-order valence-corrected chi connectivity index (χ1v) is 12.7. The Balaban J connectivity index is 2.12. The van der Waals surface area contributed by atoms with E-state index in [1.54, 1.807) is 13.0 Å². The molecule has 1 amide bonds. The number of hydrogen-bond acceptors (Lipinski definition) is 7. The van der Waals surface area contributed by atoms with E-state index in [0.717, 1.165) is 0 Å². The Hall–Kier alpha value is -3.42. The zero-order valence-corrected chi connectivity index (χ0v) is 22.7. The van der Waals surface area contributed by atoms with E-state index < -0.39 is 11.7 Å². The fraction of sp³-hybridized carbons (Fsp3) is 0.440. The van der Waals surface area contributed by atoms with E-state index in [9.17, 15) is 20.0 Å². The molecule has 0 unspecified atom stereocenters. The molecule has 3 aromatic rings. The SMILES string of the molecule is CC(C)c1ncnc(C(C)C)c1-n1c(=O)c(C#N)c(N2CCN(C(=O)O)[C@H](C)C2)c2cc(Cl)c(Cl)nc21. The fourth-order valence-corrected chi connectivity index (χ4v) is 5.09. The summed E-state index contributed by atoms with van der Waals surface area (Å²) in [6.07, 6.45) is 0.456. The Morgan fingerprint density at radius 3 is 2.27 bits per heavy atom. The minimum atomic E-state index is -1.02. The molecular formula is C25H27Cl2N7O3. The van der Waals surface area contributed by atoms with Crippen LogP contribution in [0.4, 0.5) is 10.5 Å². The zero-order chi connectivity index (χ0) is 27.2. The first-order chi connectivity index (χ1) is 17.5. The molecule has 10 nitrogen and oxygen atoms in total. The van der Waals surface area contributed by atoms with E-state index in [1.165, 1.54) is 15.8 Å². The highest BCUT2D eigenvalue weighted by Gasteiger charge is 2.32. The number of fused-ring (bicyclic) bond motifs is 1. The van der Waals surface area contributed by atoms with Crippen LogP contribution >= 0.6 is 23.2 Å². The second-order valence-corrected chi connectivity index (χ2v) is 10.4. The van der Waals surface area contributed by atoms with Gasteiger partial charge in [0.25, 0.3) is 5.56 Å². The van der Waals surface area contributed by atoms with Crippen molar-refractivity contribution < 1.29 is 9.90 Å². The summed E-state index contributed by atoms with van der Waals surface area (Å²) >= 11 is 12.7. The molecule has 1 N–H and O–H groups in total. The quantitative estimate of drug-likeness (QED) is 0.465. The van der Waals surface area contributed by atoms with Gasteiger partial charge in [0.1, 0.15) is 23.1 Å². The minimum absolute atomic E-state index is 0.0103. The van der Waals surface area contributed by atoms with Crippen LogP contribution in [0.2, 0.25) is 10.2 Å². The van der Waals surface area contributed by atoms with Gasteiger partial charge in [0.15, 0.2) is 5.65 Å². The lowest BCUT2D eigenvalue weighted by molar-refractivity contribution is 0.123. The molecule has 0 radical (unpaired) electrons. The van der Waals surface area contributed by atoms with E-state index in [0.29, 0.717) is 28.1 Å². The molecule has 0 saturated carbocycles. The van der Waals surface area contributed by atoms with E-state index in [2.05, 4.69) is 21.0 Å². The molecule has 1 aliphatic rings. The maximum Gasteiger partial charge on any atom is 0.407 e. The molecule has 12 heteroatoms. The molecule has 194 valence electrons. The Kier molecular flexibility index (Phi) is 7.31. The second-order valence-electron chi connectivity index (χ2n) is 9.68. The summed E-state index contributed by atoms with van der Waals surface area (Å²) in [5.74, 6) is -0.120. The third-order valence-corrected chi connectivity index (χ3v) is 7.20. The predicted octanol–water partition coefficient (Wildman–Crippen LogP) is 4.79. The van der Waals surface area contributed by atoms with Gasteiger partial charge in [-0.1, -0.05) is 50.9 Å². The Morgan fingerprint density at radius 1 is 1.14 bits per heavy atom. The number of halogens is 2. The summed E-state index contributed by atoms with van der Waals surface area (Å²) in [5.41, 5.74) is 1.64. The van der Waals surface area contributed by atoms with Crippen molar-refractivity contribution in [1.29, 1.82) is 5.26 Å². The van der Waals surface area contributed by atoms with Crippen LogP contribution in [-0.4, -0.2) is 61.3 Å². The number of carboxylic acid groups (broad SMARTS) is 1. The molecule has 1 atom stereocenters. The van der Waals surface area contributed by atoms with Gasteiger partial charge in [0.05, 0.1) is 27.8 Å². The molecule has 4 rings (SSSR count). The monoisotopic (exact) mass is 543 g/mol. The van der Waals surface area contributed by atoms with Crippen molar-refractivity contribution in [2.75, 3.05) is 24.5 Å². The summed E-state index contributed by atoms with van der Waals surface area (Å²) in [6.45, 7) is 10.4. The van der Waals surface area contributed by atoms with Crippen molar-refractivity contribution in [1.82, 2.24) is 24.4 Å². The Morgan fingerprint density at radius 2 is 1.76 bits per heavy atom. The van der Waals surface area contributed by atoms with Gasteiger partial charge in [0.2, 0.25) is 0 Å². The largest absolute Gasteiger partial charge is 0.465 e.